The average Bonchev–Trinajstić information content (AvgIpc) is 2.18. The van der Waals surface area contributed by atoms with Crippen molar-refractivity contribution in [2.24, 2.45) is 5.41 Å². The van der Waals surface area contributed by atoms with Crippen LogP contribution in [-0.2, 0) is 14.9 Å². The van der Waals surface area contributed by atoms with Crippen LogP contribution in [0, 0.1) is 5.41 Å². The van der Waals surface area contributed by atoms with Crippen molar-refractivity contribution in [3.05, 3.63) is 0 Å². The fourth-order valence-electron chi connectivity index (χ4n) is 1.47. The maximum absolute atomic E-state index is 10.5. The standard InChI is InChI=1S/C11H22O5S2/c1-11(2,9-17-7-5-10(12)13)6-3-4-8-18(14,15)16/h3-9H2,1-2H3,(H,12,13)(H,14,15,16). The SMILES string of the molecule is CC(C)(CCCCS(=O)(=O)O)CSCCC(=O)O. The first-order valence-electron chi connectivity index (χ1n) is 5.87. The lowest BCUT2D eigenvalue weighted by Crippen LogP contribution is -2.16. The number of thioether (sulfide) groups is 1. The Morgan fingerprint density at radius 1 is 1.28 bits per heavy atom. The maximum atomic E-state index is 10.5. The Hall–Kier alpha value is -0.270. The summed E-state index contributed by atoms with van der Waals surface area (Å²) in [6.07, 6.45) is 2.24. The van der Waals surface area contributed by atoms with E-state index in [9.17, 15) is 13.2 Å². The van der Waals surface area contributed by atoms with Crippen molar-refractivity contribution >= 4 is 27.8 Å². The van der Waals surface area contributed by atoms with E-state index >= 15 is 0 Å². The van der Waals surface area contributed by atoms with Gasteiger partial charge in [-0.25, -0.2) is 0 Å². The highest BCUT2D eigenvalue weighted by Crippen LogP contribution is 2.28. The van der Waals surface area contributed by atoms with Crippen molar-refractivity contribution in [3.63, 3.8) is 0 Å². The van der Waals surface area contributed by atoms with Crippen molar-refractivity contribution in [2.75, 3.05) is 17.3 Å². The van der Waals surface area contributed by atoms with E-state index in [0.29, 0.717) is 12.2 Å². The Labute approximate surface area is 113 Å². The molecule has 0 aliphatic rings. The summed E-state index contributed by atoms with van der Waals surface area (Å²) < 4.78 is 29.6. The molecule has 0 aliphatic carbocycles. The predicted molar refractivity (Wildman–Crippen MR) is 73.6 cm³/mol. The van der Waals surface area contributed by atoms with E-state index in [1.807, 2.05) is 0 Å². The largest absolute Gasteiger partial charge is 0.481 e. The van der Waals surface area contributed by atoms with E-state index < -0.39 is 16.1 Å². The average molecular weight is 298 g/mol. The summed E-state index contributed by atoms with van der Waals surface area (Å²) in [5.74, 6) is 0.485. The number of carboxylic acid groups (broad SMARTS) is 1. The highest BCUT2D eigenvalue weighted by Gasteiger charge is 2.18. The molecule has 7 heteroatoms. The van der Waals surface area contributed by atoms with Crippen LogP contribution < -0.4 is 0 Å². The molecule has 0 saturated heterocycles. The summed E-state index contributed by atoms with van der Waals surface area (Å²) in [5, 5.41) is 8.50. The number of carboxylic acids is 1. The van der Waals surface area contributed by atoms with Crippen LogP contribution in [0.3, 0.4) is 0 Å². The number of aliphatic carboxylic acids is 1. The van der Waals surface area contributed by atoms with Crippen LogP contribution in [0.4, 0.5) is 0 Å². The Balaban J connectivity index is 3.70. The van der Waals surface area contributed by atoms with E-state index in [1.165, 1.54) is 0 Å². The summed E-state index contributed by atoms with van der Waals surface area (Å²) in [5.41, 5.74) is 0.0579. The smallest absolute Gasteiger partial charge is 0.304 e. The highest BCUT2D eigenvalue weighted by molar-refractivity contribution is 7.99. The first kappa shape index (κ1) is 17.7. The number of unbranched alkanes of at least 4 members (excludes halogenated alkanes) is 1. The van der Waals surface area contributed by atoms with E-state index in [0.717, 1.165) is 18.6 Å². The molecular weight excluding hydrogens is 276 g/mol. The number of carbonyl (C=O) groups is 1. The van der Waals surface area contributed by atoms with Crippen molar-refractivity contribution in [1.29, 1.82) is 0 Å². The van der Waals surface area contributed by atoms with Gasteiger partial charge in [-0.15, -0.1) is 0 Å². The minimum Gasteiger partial charge on any atom is -0.481 e. The van der Waals surface area contributed by atoms with Crippen LogP contribution in [0.15, 0.2) is 0 Å². The van der Waals surface area contributed by atoms with Gasteiger partial charge in [-0.3, -0.25) is 9.35 Å². The second-order valence-corrected chi connectivity index (χ2v) is 7.78. The fraction of sp³-hybridized carbons (Fsp3) is 0.909. The lowest BCUT2D eigenvalue weighted by molar-refractivity contribution is -0.136. The van der Waals surface area contributed by atoms with Crippen LogP contribution in [0.1, 0.15) is 39.5 Å². The highest BCUT2D eigenvalue weighted by atomic mass is 32.2. The zero-order chi connectivity index (χ0) is 14.2. The van der Waals surface area contributed by atoms with Crippen molar-refractivity contribution in [3.8, 4) is 0 Å². The van der Waals surface area contributed by atoms with Crippen LogP contribution in [0.25, 0.3) is 0 Å². The first-order valence-corrected chi connectivity index (χ1v) is 8.63. The molecule has 0 unspecified atom stereocenters. The summed E-state index contributed by atoms with van der Waals surface area (Å²) >= 11 is 1.60. The van der Waals surface area contributed by atoms with E-state index in [-0.39, 0.29) is 17.6 Å². The first-order chi connectivity index (χ1) is 8.12. The van der Waals surface area contributed by atoms with Gasteiger partial charge in [0.05, 0.1) is 12.2 Å². The lowest BCUT2D eigenvalue weighted by Gasteiger charge is -2.23. The van der Waals surface area contributed by atoms with Crippen molar-refractivity contribution < 1.29 is 22.9 Å². The third kappa shape index (κ3) is 12.2. The minimum atomic E-state index is -3.84. The molecule has 0 heterocycles. The van der Waals surface area contributed by atoms with Gasteiger partial charge >= 0.3 is 5.97 Å². The van der Waals surface area contributed by atoms with Gasteiger partial charge in [0.1, 0.15) is 0 Å². The van der Waals surface area contributed by atoms with E-state index in [1.54, 1.807) is 11.8 Å². The second-order valence-electron chi connectivity index (χ2n) is 5.10. The summed E-state index contributed by atoms with van der Waals surface area (Å²) in [6, 6.07) is 0. The molecule has 108 valence electrons. The maximum Gasteiger partial charge on any atom is 0.304 e. The summed E-state index contributed by atoms with van der Waals surface area (Å²) in [6.45, 7) is 4.16. The summed E-state index contributed by atoms with van der Waals surface area (Å²) in [4.78, 5) is 10.3. The Morgan fingerprint density at radius 2 is 1.89 bits per heavy atom. The van der Waals surface area contributed by atoms with Gasteiger partial charge in [0.2, 0.25) is 0 Å². The summed E-state index contributed by atoms with van der Waals surface area (Å²) in [7, 11) is -3.84. The minimum absolute atomic E-state index is 0.0579. The molecule has 0 aliphatic heterocycles. The topological polar surface area (TPSA) is 91.7 Å². The van der Waals surface area contributed by atoms with Gasteiger partial charge in [-0.2, -0.15) is 20.2 Å². The van der Waals surface area contributed by atoms with Gasteiger partial charge in [-0.05, 0) is 24.0 Å². The molecule has 0 aromatic carbocycles. The Kier molecular flexibility index (Phi) is 7.89. The normalized spacial score (nSPS) is 12.6. The molecule has 2 N–H and O–H groups in total. The van der Waals surface area contributed by atoms with Crippen LogP contribution in [-0.4, -0.2) is 41.3 Å². The zero-order valence-corrected chi connectivity index (χ0v) is 12.5. The molecule has 5 nitrogen and oxygen atoms in total. The second kappa shape index (κ2) is 8.01. The Bertz CT molecular complexity index is 348. The molecule has 0 aromatic rings. The molecule has 0 rings (SSSR count). The molecule has 0 fully saturated rings. The lowest BCUT2D eigenvalue weighted by atomic mass is 9.90. The van der Waals surface area contributed by atoms with Crippen LogP contribution >= 0.6 is 11.8 Å². The predicted octanol–water partition coefficient (Wildman–Crippen LogP) is 2.28. The molecule has 18 heavy (non-hydrogen) atoms. The van der Waals surface area contributed by atoms with Gasteiger partial charge in [0, 0.05) is 5.75 Å². The monoisotopic (exact) mass is 298 g/mol. The third-order valence-electron chi connectivity index (χ3n) is 2.46. The van der Waals surface area contributed by atoms with Gasteiger partial charge < -0.3 is 5.11 Å². The van der Waals surface area contributed by atoms with Crippen molar-refractivity contribution in [1.82, 2.24) is 0 Å². The Morgan fingerprint density at radius 3 is 2.39 bits per heavy atom. The fourth-order valence-corrected chi connectivity index (χ4v) is 3.20. The number of rotatable bonds is 10. The van der Waals surface area contributed by atoms with Gasteiger partial charge in [0.15, 0.2) is 0 Å². The molecule has 0 saturated carbocycles. The molecule has 0 aromatic heterocycles. The van der Waals surface area contributed by atoms with E-state index in [4.69, 9.17) is 9.66 Å². The molecule has 0 bridgehead atoms. The molecule has 0 radical (unpaired) electrons. The van der Waals surface area contributed by atoms with Crippen LogP contribution in [0.5, 0.6) is 0 Å². The van der Waals surface area contributed by atoms with Gasteiger partial charge in [-0.1, -0.05) is 20.3 Å². The zero-order valence-electron chi connectivity index (χ0n) is 10.9. The molecule has 0 atom stereocenters. The van der Waals surface area contributed by atoms with Crippen LogP contribution in [0.2, 0.25) is 0 Å². The number of hydrogen-bond acceptors (Lipinski definition) is 4. The molecule has 0 amide bonds. The third-order valence-corrected chi connectivity index (χ3v) is 4.74. The molecular formula is C11H22O5S2. The van der Waals surface area contributed by atoms with E-state index in [2.05, 4.69) is 13.8 Å². The quantitative estimate of drug-likeness (QED) is 0.475. The molecule has 0 spiro atoms. The van der Waals surface area contributed by atoms with Crippen molar-refractivity contribution in [2.45, 2.75) is 39.5 Å². The number of hydrogen-bond donors (Lipinski definition) is 2. The van der Waals surface area contributed by atoms with Gasteiger partial charge in [0.25, 0.3) is 10.1 Å².